The Morgan fingerprint density at radius 2 is 0.836 bits per heavy atom. The molecule has 13 heteroatoms. The second-order valence-electron chi connectivity index (χ2n) is 15.6. The second-order valence-corrected chi connectivity index (χ2v) is 23.0. The number of carboxylic acids is 2. The quantitative estimate of drug-likeness (QED) is 0.0973. The van der Waals surface area contributed by atoms with E-state index in [0.717, 1.165) is 61.7 Å². The van der Waals surface area contributed by atoms with E-state index in [-0.39, 0.29) is 33.7 Å². The minimum atomic E-state index is -2.06. The minimum absolute atomic E-state index is 0. The van der Waals surface area contributed by atoms with Crippen molar-refractivity contribution in [2.75, 3.05) is 13.2 Å². The Morgan fingerprint density at radius 3 is 1.07 bits per heavy atom. The molecule has 4 unspecified atom stereocenters. The fourth-order valence-corrected chi connectivity index (χ4v) is 8.15. The van der Waals surface area contributed by atoms with Crippen LogP contribution in [-0.4, -0.2) is 73.5 Å². The Bertz CT molecular complexity index is 1300. The van der Waals surface area contributed by atoms with Crippen molar-refractivity contribution in [2.45, 2.75) is 131 Å². The van der Waals surface area contributed by atoms with E-state index >= 15 is 0 Å². The standard InChI is InChI=1S/2C12H20O4.2C9H14OSi.Ti/c2*1-2-3-8-16-12(15)10-7-5-4-6-9(10)11(13)14;2*1-8-4-6-9(7-5-8)11(2,3)10;/h2*9-10H,2-8H2,1H3,(H,13,14);2*4-7,10H,1-3H3;. The average molecular weight is 837 g/mol. The molecule has 4 N–H and O–H groups in total. The summed E-state index contributed by atoms with van der Waals surface area (Å²) in [5, 5.41) is 20.2. The second kappa shape index (κ2) is 27.1. The fraction of sp³-hybridized carbons (Fsp3) is 0.619. The molecule has 2 aliphatic rings. The molecule has 0 heterocycles. The summed E-state index contributed by atoms with van der Waals surface area (Å²) in [6.45, 7) is 16.7. The summed E-state index contributed by atoms with van der Waals surface area (Å²) in [6.07, 6.45) is 9.79. The molecule has 0 amide bonds. The van der Waals surface area contributed by atoms with Gasteiger partial charge in [0.25, 0.3) is 0 Å². The molecule has 0 aromatic heterocycles. The Morgan fingerprint density at radius 1 is 0.564 bits per heavy atom. The van der Waals surface area contributed by atoms with Crippen LogP contribution in [0.25, 0.3) is 0 Å². The zero-order chi connectivity index (χ0) is 40.9. The summed E-state index contributed by atoms with van der Waals surface area (Å²) in [5.41, 5.74) is 2.49. The van der Waals surface area contributed by atoms with Crippen LogP contribution < -0.4 is 10.4 Å². The molecule has 0 spiro atoms. The molecule has 0 aliphatic heterocycles. The fourth-order valence-electron chi connectivity index (χ4n) is 6.19. The summed E-state index contributed by atoms with van der Waals surface area (Å²) in [5.74, 6) is -4.30. The average Bonchev–Trinajstić information content (AvgIpc) is 3.12. The number of esters is 2. The maximum Gasteiger partial charge on any atom is 0.309 e. The van der Waals surface area contributed by atoms with E-state index in [0.29, 0.717) is 38.9 Å². The number of carboxylic acid groups (broad SMARTS) is 2. The van der Waals surface area contributed by atoms with Gasteiger partial charge in [-0.25, -0.2) is 0 Å². The molecule has 4 rings (SSSR count). The first kappa shape index (κ1) is 52.4. The third-order valence-electron chi connectivity index (χ3n) is 9.77. The van der Waals surface area contributed by atoms with Gasteiger partial charge in [-0.05, 0) is 88.9 Å². The van der Waals surface area contributed by atoms with E-state index in [1.807, 2.05) is 88.6 Å². The van der Waals surface area contributed by atoms with Crippen molar-refractivity contribution in [3.8, 4) is 0 Å². The maximum atomic E-state index is 11.7. The van der Waals surface area contributed by atoms with Gasteiger partial charge in [0.05, 0.1) is 36.9 Å². The summed E-state index contributed by atoms with van der Waals surface area (Å²) in [7, 11) is -4.11. The Hall–Kier alpha value is -2.61. The van der Waals surface area contributed by atoms with Gasteiger partial charge in [-0.2, -0.15) is 0 Å². The third kappa shape index (κ3) is 20.9. The predicted molar refractivity (Wildman–Crippen MR) is 219 cm³/mol. The molecule has 0 saturated heterocycles. The number of aliphatic carboxylic acids is 2. The number of benzene rings is 2. The summed E-state index contributed by atoms with van der Waals surface area (Å²) in [4.78, 5) is 64.8. The van der Waals surface area contributed by atoms with Gasteiger partial charge in [0.2, 0.25) is 16.6 Å². The molecule has 2 fully saturated rings. The first-order chi connectivity index (χ1) is 25.3. The minimum Gasteiger partial charge on any atom is -0.481 e. The number of aryl methyl sites for hydroxylation is 2. The monoisotopic (exact) mass is 836 g/mol. The van der Waals surface area contributed by atoms with Crippen LogP contribution in [0.1, 0.15) is 102 Å². The molecule has 2 aromatic rings. The van der Waals surface area contributed by atoms with E-state index < -0.39 is 52.2 Å². The van der Waals surface area contributed by atoms with Gasteiger partial charge >= 0.3 is 23.9 Å². The normalized spacial score (nSPS) is 19.2. The van der Waals surface area contributed by atoms with E-state index in [1.165, 1.54) is 11.1 Å². The van der Waals surface area contributed by atoms with Crippen LogP contribution >= 0.6 is 0 Å². The first-order valence-corrected chi connectivity index (χ1v) is 25.6. The maximum absolute atomic E-state index is 11.7. The van der Waals surface area contributed by atoms with E-state index in [9.17, 15) is 28.8 Å². The third-order valence-corrected chi connectivity index (χ3v) is 13.3. The van der Waals surface area contributed by atoms with Crippen LogP contribution in [0.5, 0.6) is 0 Å². The topological polar surface area (TPSA) is 168 Å². The Balaban J connectivity index is 0.000000713. The molecule has 308 valence electrons. The van der Waals surface area contributed by atoms with Crippen molar-refractivity contribution in [2.24, 2.45) is 23.7 Å². The largest absolute Gasteiger partial charge is 0.481 e. The number of rotatable bonds is 12. The number of hydrogen-bond donors (Lipinski definition) is 4. The van der Waals surface area contributed by atoms with E-state index in [2.05, 4.69) is 13.8 Å². The van der Waals surface area contributed by atoms with Crippen LogP contribution in [0.15, 0.2) is 48.5 Å². The van der Waals surface area contributed by atoms with Gasteiger partial charge < -0.3 is 29.3 Å². The van der Waals surface area contributed by atoms with Crippen LogP contribution in [-0.2, 0) is 50.4 Å². The predicted octanol–water partition coefficient (Wildman–Crippen LogP) is 7.24. The molecule has 2 aliphatic carbocycles. The number of ether oxygens (including phenoxy) is 2. The van der Waals surface area contributed by atoms with Crippen molar-refractivity contribution in [1.29, 1.82) is 0 Å². The first-order valence-electron chi connectivity index (χ1n) is 19.7. The number of unbranched alkanes of at least 4 members (excludes halogenated alkanes) is 2. The molecule has 10 nitrogen and oxygen atoms in total. The SMILES string of the molecule is CCCCOC(=O)C1CCCCC1C(=O)O.CCCCOC(=O)C1CCCCC1C(=O)O.Cc1ccc([Si](C)(C)O)cc1.Cc1ccc([Si](C)(C)O)cc1.[Ti]. The number of hydrogen-bond acceptors (Lipinski definition) is 8. The summed E-state index contributed by atoms with van der Waals surface area (Å²) in [6, 6.07) is 16.2. The van der Waals surface area contributed by atoms with Crippen molar-refractivity contribution in [1.82, 2.24) is 0 Å². The summed E-state index contributed by atoms with van der Waals surface area (Å²) >= 11 is 0. The van der Waals surface area contributed by atoms with Gasteiger partial charge in [0, 0.05) is 21.7 Å². The van der Waals surface area contributed by atoms with Crippen molar-refractivity contribution in [3.05, 3.63) is 59.7 Å². The molecule has 2 saturated carbocycles. The number of carbonyl (C=O) groups is 4. The van der Waals surface area contributed by atoms with Crippen molar-refractivity contribution >= 4 is 50.9 Å². The van der Waals surface area contributed by atoms with Crippen LogP contribution in [0.3, 0.4) is 0 Å². The molecule has 2 aromatic carbocycles. The van der Waals surface area contributed by atoms with E-state index in [1.54, 1.807) is 0 Å². The molecule has 0 radical (unpaired) electrons. The smallest absolute Gasteiger partial charge is 0.309 e. The van der Waals surface area contributed by atoms with Crippen LogP contribution in [0, 0.1) is 37.5 Å². The molecule has 4 atom stereocenters. The van der Waals surface area contributed by atoms with Gasteiger partial charge in [0.1, 0.15) is 0 Å². The zero-order valence-corrected chi connectivity index (χ0v) is 38.1. The molecule has 55 heavy (non-hydrogen) atoms. The van der Waals surface area contributed by atoms with Crippen molar-refractivity contribution in [3.63, 3.8) is 0 Å². The van der Waals surface area contributed by atoms with Gasteiger partial charge in [-0.3, -0.25) is 19.2 Å². The molecule has 0 bridgehead atoms. The van der Waals surface area contributed by atoms with Gasteiger partial charge in [0.15, 0.2) is 0 Å². The van der Waals surface area contributed by atoms with E-state index in [4.69, 9.17) is 19.7 Å². The van der Waals surface area contributed by atoms with Crippen LogP contribution in [0.4, 0.5) is 0 Å². The Kier molecular flexibility index (Phi) is 25.8. The summed E-state index contributed by atoms with van der Waals surface area (Å²) < 4.78 is 10.2. The van der Waals surface area contributed by atoms with Crippen molar-refractivity contribution < 1.29 is 70.2 Å². The molecular weight excluding hydrogens is 768 g/mol. The molecular formula is C42H68O10Si2Ti. The van der Waals surface area contributed by atoms with Gasteiger partial charge in [-0.1, -0.05) is 112 Å². The van der Waals surface area contributed by atoms with Crippen LogP contribution in [0.2, 0.25) is 26.2 Å². The zero-order valence-electron chi connectivity index (χ0n) is 34.6. The Labute approximate surface area is 347 Å². The number of carbonyl (C=O) groups excluding carboxylic acids is 2. The van der Waals surface area contributed by atoms with Gasteiger partial charge in [-0.15, -0.1) is 0 Å².